The molecule has 1 aliphatic heterocycles. The minimum Gasteiger partial charge on any atom is -0.331 e. The molecule has 1 atom stereocenters. The van der Waals surface area contributed by atoms with Gasteiger partial charge in [0, 0.05) is 29.4 Å². The number of urea groups is 1. The molecule has 1 aliphatic rings. The summed E-state index contributed by atoms with van der Waals surface area (Å²) in [6.45, 7) is 5.92. The average Bonchev–Trinajstić information content (AvgIpc) is 3.34. The van der Waals surface area contributed by atoms with Crippen molar-refractivity contribution in [2.45, 2.75) is 39.2 Å². The van der Waals surface area contributed by atoms with Gasteiger partial charge in [-0.2, -0.15) is 5.10 Å². The van der Waals surface area contributed by atoms with Crippen LogP contribution in [0.3, 0.4) is 0 Å². The second-order valence-electron chi connectivity index (χ2n) is 7.10. The number of likely N-dealkylation sites (tertiary alicyclic amines) is 1. The number of nitrogens with one attached hydrogen (secondary N) is 2. The van der Waals surface area contributed by atoms with Crippen LogP contribution in [0.4, 0.5) is 4.79 Å². The lowest BCUT2D eigenvalue weighted by Gasteiger charge is -2.31. The van der Waals surface area contributed by atoms with Gasteiger partial charge in [0.05, 0.1) is 12.2 Å². The fourth-order valence-electron chi connectivity index (χ4n) is 3.44. The smallest absolute Gasteiger partial charge is 0.317 e. The van der Waals surface area contributed by atoms with Crippen molar-refractivity contribution in [3.05, 3.63) is 51.7 Å². The highest BCUT2D eigenvalue weighted by atomic mass is 32.1. The van der Waals surface area contributed by atoms with Gasteiger partial charge in [0.2, 0.25) is 0 Å². The maximum atomic E-state index is 12.6. The monoisotopic (exact) mass is 396 g/mol. The van der Waals surface area contributed by atoms with Crippen molar-refractivity contribution in [3.8, 4) is 11.4 Å². The highest BCUT2D eigenvalue weighted by molar-refractivity contribution is 7.11. The molecule has 0 radical (unpaired) electrons. The lowest BCUT2D eigenvalue weighted by Crippen LogP contribution is -2.44. The Morgan fingerprint density at radius 2 is 2.11 bits per heavy atom. The Balaban J connectivity index is 1.37. The Bertz CT molecular complexity index is 931. The van der Waals surface area contributed by atoms with Crippen molar-refractivity contribution in [2.24, 2.45) is 0 Å². The summed E-state index contributed by atoms with van der Waals surface area (Å²) in [5.74, 6) is 1.73. The van der Waals surface area contributed by atoms with Crippen LogP contribution < -0.4 is 5.32 Å². The third kappa shape index (κ3) is 4.06. The number of thiazole rings is 1. The van der Waals surface area contributed by atoms with Crippen molar-refractivity contribution in [2.75, 3.05) is 13.1 Å². The third-order valence-corrected chi connectivity index (χ3v) is 6.17. The largest absolute Gasteiger partial charge is 0.331 e. The molecule has 4 rings (SSSR count). The summed E-state index contributed by atoms with van der Waals surface area (Å²) in [6.07, 6.45) is 1.95. The van der Waals surface area contributed by atoms with Crippen LogP contribution in [0.2, 0.25) is 0 Å². The Hall–Kier alpha value is -2.74. The van der Waals surface area contributed by atoms with E-state index in [0.29, 0.717) is 18.9 Å². The maximum absolute atomic E-state index is 12.6. The van der Waals surface area contributed by atoms with Crippen LogP contribution in [0.5, 0.6) is 0 Å². The maximum Gasteiger partial charge on any atom is 0.317 e. The number of carbonyl (C=O) groups excluding carboxylic acids is 1. The summed E-state index contributed by atoms with van der Waals surface area (Å²) < 4.78 is 0. The summed E-state index contributed by atoms with van der Waals surface area (Å²) >= 11 is 1.63. The molecule has 2 aromatic heterocycles. The predicted molar refractivity (Wildman–Crippen MR) is 109 cm³/mol. The first-order valence-corrected chi connectivity index (χ1v) is 10.3. The number of rotatable bonds is 4. The van der Waals surface area contributed by atoms with E-state index in [2.05, 4.69) is 32.4 Å². The van der Waals surface area contributed by atoms with Gasteiger partial charge in [-0.15, -0.1) is 11.3 Å². The van der Waals surface area contributed by atoms with Crippen molar-refractivity contribution in [3.63, 3.8) is 0 Å². The van der Waals surface area contributed by atoms with Crippen molar-refractivity contribution in [1.82, 2.24) is 30.4 Å². The summed E-state index contributed by atoms with van der Waals surface area (Å²) in [7, 11) is 0. The Morgan fingerprint density at radius 1 is 1.29 bits per heavy atom. The van der Waals surface area contributed by atoms with E-state index < -0.39 is 0 Å². The summed E-state index contributed by atoms with van der Waals surface area (Å²) in [5, 5.41) is 11.4. The van der Waals surface area contributed by atoms with E-state index in [1.54, 1.807) is 11.3 Å². The number of carbonyl (C=O) groups is 1. The van der Waals surface area contributed by atoms with E-state index in [9.17, 15) is 4.79 Å². The average molecular weight is 397 g/mol. The molecule has 0 saturated carbocycles. The molecular weight excluding hydrogens is 372 g/mol. The van der Waals surface area contributed by atoms with E-state index in [-0.39, 0.29) is 11.9 Å². The van der Waals surface area contributed by atoms with Gasteiger partial charge >= 0.3 is 6.03 Å². The number of hydrogen-bond acceptors (Lipinski definition) is 5. The quantitative estimate of drug-likeness (QED) is 0.705. The summed E-state index contributed by atoms with van der Waals surface area (Å²) in [6, 6.07) is 9.87. The lowest BCUT2D eigenvalue weighted by atomic mass is 9.97. The summed E-state index contributed by atoms with van der Waals surface area (Å²) in [5.41, 5.74) is 2.02. The van der Waals surface area contributed by atoms with Gasteiger partial charge in [0.1, 0.15) is 10.8 Å². The first-order valence-electron chi connectivity index (χ1n) is 9.53. The Morgan fingerprint density at radius 3 is 2.86 bits per heavy atom. The molecule has 7 nitrogen and oxygen atoms in total. The zero-order valence-corrected chi connectivity index (χ0v) is 16.9. The zero-order valence-electron chi connectivity index (χ0n) is 16.1. The molecule has 146 valence electrons. The minimum atomic E-state index is -0.0435. The van der Waals surface area contributed by atoms with Gasteiger partial charge in [-0.1, -0.05) is 30.3 Å². The van der Waals surface area contributed by atoms with Crippen LogP contribution in [0, 0.1) is 13.8 Å². The van der Waals surface area contributed by atoms with Gasteiger partial charge < -0.3 is 10.2 Å². The molecule has 1 unspecified atom stereocenters. The number of amides is 2. The number of piperidine rings is 1. The fourth-order valence-corrected chi connectivity index (χ4v) is 4.31. The van der Waals surface area contributed by atoms with Crippen LogP contribution in [-0.4, -0.2) is 44.2 Å². The van der Waals surface area contributed by atoms with E-state index >= 15 is 0 Å². The van der Waals surface area contributed by atoms with Crippen LogP contribution >= 0.6 is 11.3 Å². The highest BCUT2D eigenvalue weighted by Crippen LogP contribution is 2.26. The number of hydrogen-bond donors (Lipinski definition) is 2. The van der Waals surface area contributed by atoms with Gasteiger partial charge in [0.25, 0.3) is 0 Å². The molecule has 1 fully saturated rings. The first-order chi connectivity index (χ1) is 13.6. The van der Waals surface area contributed by atoms with Crippen LogP contribution in [-0.2, 0) is 6.54 Å². The molecule has 28 heavy (non-hydrogen) atoms. The molecule has 3 aromatic rings. The van der Waals surface area contributed by atoms with Crippen LogP contribution in [0.1, 0.15) is 40.2 Å². The summed E-state index contributed by atoms with van der Waals surface area (Å²) in [4.78, 5) is 24.8. The van der Waals surface area contributed by atoms with E-state index in [4.69, 9.17) is 0 Å². The van der Waals surface area contributed by atoms with E-state index in [1.807, 2.05) is 42.2 Å². The number of benzene rings is 1. The molecule has 0 spiro atoms. The number of nitrogens with zero attached hydrogens (tertiary/aromatic N) is 4. The predicted octanol–water partition coefficient (Wildman–Crippen LogP) is 3.63. The fraction of sp³-hybridized carbons (Fsp3) is 0.400. The standard InChI is InChI=1S/C20H24N6OS/c1-13-14(2)28-17(22-13)11-21-20(27)26-10-6-9-16(12-26)19-23-18(24-25-19)15-7-4-3-5-8-15/h3-5,7-8,16H,6,9-12H2,1-2H3,(H,21,27)(H,23,24,25). The molecule has 1 aromatic carbocycles. The number of aryl methyl sites for hydroxylation is 2. The molecule has 2 N–H and O–H groups in total. The Kier molecular flexibility index (Phi) is 5.38. The molecule has 2 amide bonds. The zero-order chi connectivity index (χ0) is 19.5. The molecular formula is C20H24N6OS. The van der Waals surface area contributed by atoms with Crippen molar-refractivity contribution in [1.29, 1.82) is 0 Å². The van der Waals surface area contributed by atoms with E-state index in [1.165, 1.54) is 4.88 Å². The molecule has 1 saturated heterocycles. The molecule has 0 bridgehead atoms. The van der Waals surface area contributed by atoms with Gasteiger partial charge in [-0.25, -0.2) is 14.8 Å². The van der Waals surface area contributed by atoms with Crippen LogP contribution in [0.15, 0.2) is 30.3 Å². The third-order valence-electron chi connectivity index (χ3n) is 5.09. The SMILES string of the molecule is Cc1nc(CNC(=O)N2CCCC(c3nc(-c4ccccc4)n[nH]3)C2)sc1C. The minimum absolute atomic E-state index is 0.0435. The first kappa shape index (κ1) is 18.6. The second-order valence-corrected chi connectivity index (χ2v) is 8.39. The Labute approximate surface area is 168 Å². The molecule has 0 aliphatic carbocycles. The normalized spacial score (nSPS) is 16.9. The van der Waals surface area contributed by atoms with Gasteiger partial charge in [-0.05, 0) is 26.7 Å². The van der Waals surface area contributed by atoms with Gasteiger partial charge in [0.15, 0.2) is 5.82 Å². The molecule has 8 heteroatoms. The number of aromatic nitrogens is 4. The van der Waals surface area contributed by atoms with Crippen molar-refractivity contribution < 1.29 is 4.79 Å². The van der Waals surface area contributed by atoms with Crippen LogP contribution in [0.25, 0.3) is 11.4 Å². The highest BCUT2D eigenvalue weighted by Gasteiger charge is 2.27. The second kappa shape index (κ2) is 8.10. The van der Waals surface area contributed by atoms with Gasteiger partial charge in [-0.3, -0.25) is 5.10 Å². The van der Waals surface area contributed by atoms with E-state index in [0.717, 1.165) is 41.5 Å². The lowest BCUT2D eigenvalue weighted by molar-refractivity contribution is 0.178. The molecule has 3 heterocycles. The number of aromatic amines is 1. The van der Waals surface area contributed by atoms with Crippen molar-refractivity contribution >= 4 is 17.4 Å². The topological polar surface area (TPSA) is 86.8 Å². The number of H-pyrrole nitrogens is 1.